The molecule has 25 heavy (non-hydrogen) atoms. The zero-order valence-electron chi connectivity index (χ0n) is 18.9. The normalized spacial score (nSPS) is 11.2. The zero-order chi connectivity index (χ0) is 20.6. The summed E-state index contributed by atoms with van der Waals surface area (Å²) in [5.74, 6) is 0.604. The van der Waals surface area contributed by atoms with Crippen LogP contribution in [-0.2, 0) is 0 Å². The van der Waals surface area contributed by atoms with E-state index in [1.54, 1.807) is 0 Å². The fourth-order valence-electron chi connectivity index (χ4n) is 1.79. The summed E-state index contributed by atoms with van der Waals surface area (Å²) in [4.78, 5) is 0. The van der Waals surface area contributed by atoms with E-state index in [2.05, 4.69) is 70.4 Å². The van der Waals surface area contributed by atoms with Gasteiger partial charge in [0, 0.05) is 12.5 Å². The lowest BCUT2D eigenvalue weighted by molar-refractivity contribution is -0.460. The third kappa shape index (κ3) is 15.8. The zero-order valence-corrected chi connectivity index (χ0v) is 18.9. The first kappa shape index (κ1) is 28.4. The van der Waals surface area contributed by atoms with Crippen molar-refractivity contribution in [1.29, 1.82) is 0 Å². The average molecular weight is 350 g/mol. The van der Waals surface area contributed by atoms with Crippen molar-refractivity contribution in [1.82, 2.24) is 0 Å². The van der Waals surface area contributed by atoms with E-state index in [4.69, 9.17) is 5.73 Å². The SMILES string of the molecule is C=C(C)[C@H](C)N.CC.CC.Cc1ccc(C)c([C@@H](C)CC=[N+](C)C)c1. The Bertz CT molecular complexity index is 481. The minimum atomic E-state index is 0.157. The first-order valence-electron chi connectivity index (χ1n) is 9.63. The van der Waals surface area contributed by atoms with E-state index >= 15 is 0 Å². The molecule has 0 heterocycles. The van der Waals surface area contributed by atoms with Crippen molar-refractivity contribution >= 4 is 6.21 Å². The van der Waals surface area contributed by atoms with Crippen LogP contribution in [0.4, 0.5) is 0 Å². The molecule has 1 aromatic carbocycles. The van der Waals surface area contributed by atoms with Gasteiger partial charge in [-0.2, -0.15) is 0 Å². The van der Waals surface area contributed by atoms with Gasteiger partial charge in [0.15, 0.2) is 0 Å². The molecule has 0 amide bonds. The molecule has 0 bridgehead atoms. The second kappa shape index (κ2) is 17.4. The maximum atomic E-state index is 5.34. The minimum absolute atomic E-state index is 0.157. The summed E-state index contributed by atoms with van der Waals surface area (Å²) in [6.07, 6.45) is 3.35. The Kier molecular flexibility index (Phi) is 19.8. The van der Waals surface area contributed by atoms with Crippen LogP contribution in [0.2, 0.25) is 0 Å². The largest absolute Gasteiger partial charge is 0.324 e. The predicted molar refractivity (Wildman–Crippen MR) is 118 cm³/mol. The summed E-state index contributed by atoms with van der Waals surface area (Å²) < 4.78 is 2.13. The number of benzene rings is 1. The molecular weight excluding hydrogens is 304 g/mol. The summed E-state index contributed by atoms with van der Waals surface area (Å²) in [5.41, 5.74) is 10.6. The molecule has 0 saturated heterocycles. The number of hydrogen-bond acceptors (Lipinski definition) is 1. The van der Waals surface area contributed by atoms with E-state index in [-0.39, 0.29) is 6.04 Å². The number of aryl methyl sites for hydroxylation is 2. The Morgan fingerprint density at radius 3 is 1.92 bits per heavy atom. The van der Waals surface area contributed by atoms with Gasteiger partial charge in [-0.3, -0.25) is 0 Å². The van der Waals surface area contributed by atoms with Gasteiger partial charge in [0.25, 0.3) is 0 Å². The molecule has 2 N–H and O–H groups in total. The molecule has 0 aliphatic rings. The van der Waals surface area contributed by atoms with Crippen molar-refractivity contribution in [3.05, 3.63) is 47.0 Å². The van der Waals surface area contributed by atoms with E-state index in [0.717, 1.165) is 12.0 Å². The monoisotopic (exact) mass is 349 g/mol. The number of nitrogens with two attached hydrogens (primary N) is 1. The molecule has 0 aromatic heterocycles. The summed E-state index contributed by atoms with van der Waals surface area (Å²) in [5, 5.41) is 0. The summed E-state index contributed by atoms with van der Waals surface area (Å²) in [6, 6.07) is 6.87. The molecule has 2 heteroatoms. The van der Waals surface area contributed by atoms with Crippen molar-refractivity contribution in [3.63, 3.8) is 0 Å². The van der Waals surface area contributed by atoms with Crippen LogP contribution < -0.4 is 5.73 Å². The highest BCUT2D eigenvalue weighted by Gasteiger charge is 2.08. The highest BCUT2D eigenvalue weighted by atomic mass is 14.9. The molecular formula is C23H45N2+. The van der Waals surface area contributed by atoms with Gasteiger partial charge in [0.1, 0.15) is 20.3 Å². The maximum absolute atomic E-state index is 5.34. The fraction of sp³-hybridized carbons (Fsp3) is 0.609. The molecule has 0 saturated carbocycles. The van der Waals surface area contributed by atoms with Gasteiger partial charge in [-0.05, 0) is 44.7 Å². The molecule has 0 radical (unpaired) electrons. The van der Waals surface area contributed by atoms with Crippen molar-refractivity contribution in [2.75, 3.05) is 14.1 Å². The number of hydrogen-bond donors (Lipinski definition) is 1. The van der Waals surface area contributed by atoms with Gasteiger partial charge in [0.2, 0.25) is 0 Å². The summed E-state index contributed by atoms with van der Waals surface area (Å²) in [6.45, 7) is 22.1. The minimum Gasteiger partial charge on any atom is -0.324 e. The topological polar surface area (TPSA) is 29.0 Å². The number of rotatable bonds is 4. The van der Waals surface area contributed by atoms with E-state index in [1.807, 2.05) is 41.5 Å². The Morgan fingerprint density at radius 2 is 1.56 bits per heavy atom. The van der Waals surface area contributed by atoms with Crippen LogP contribution in [0.25, 0.3) is 0 Å². The van der Waals surface area contributed by atoms with Crippen LogP contribution in [0.1, 0.15) is 77.5 Å². The van der Waals surface area contributed by atoms with E-state index in [9.17, 15) is 0 Å². The molecule has 0 fully saturated rings. The molecule has 1 aromatic rings. The van der Waals surface area contributed by atoms with E-state index < -0.39 is 0 Å². The highest BCUT2D eigenvalue weighted by molar-refractivity contribution is 5.53. The Labute approximate surface area is 158 Å². The second-order valence-electron chi connectivity index (χ2n) is 6.28. The lowest BCUT2D eigenvalue weighted by Gasteiger charge is -2.12. The smallest absolute Gasteiger partial charge is 0.139 e. The van der Waals surface area contributed by atoms with Crippen LogP contribution in [0.5, 0.6) is 0 Å². The first-order chi connectivity index (χ1) is 11.6. The molecule has 2 nitrogen and oxygen atoms in total. The van der Waals surface area contributed by atoms with E-state index in [0.29, 0.717) is 5.92 Å². The van der Waals surface area contributed by atoms with Crippen LogP contribution in [-0.4, -0.2) is 30.9 Å². The average Bonchev–Trinajstić information content (AvgIpc) is 2.59. The van der Waals surface area contributed by atoms with Gasteiger partial charge < -0.3 is 5.73 Å². The van der Waals surface area contributed by atoms with Crippen molar-refractivity contribution in [2.24, 2.45) is 5.73 Å². The molecule has 0 unspecified atom stereocenters. The predicted octanol–water partition coefficient (Wildman–Crippen LogP) is 6.10. The van der Waals surface area contributed by atoms with Gasteiger partial charge in [0.05, 0.1) is 0 Å². The Morgan fingerprint density at radius 1 is 1.12 bits per heavy atom. The quantitative estimate of drug-likeness (QED) is 0.397. The van der Waals surface area contributed by atoms with Crippen LogP contribution in [0.3, 0.4) is 0 Å². The standard InChI is InChI=1S/C14H22N.C5H11N.2C2H6/c1-11-6-7-12(2)14(10-11)13(3)8-9-15(4)5;1-4(2)5(3)6;2*1-2/h6-7,9-10,13H,8H2,1-5H3;5H,1,6H2,2-3H3;2*1-2H3/q+1;;;/t13-;5-;;/m00../s1. The lowest BCUT2D eigenvalue weighted by atomic mass is 9.93. The summed E-state index contributed by atoms with van der Waals surface area (Å²) >= 11 is 0. The molecule has 0 aliphatic carbocycles. The Hall–Kier alpha value is -1.41. The molecule has 146 valence electrons. The third-order valence-corrected chi connectivity index (χ3v) is 3.57. The van der Waals surface area contributed by atoms with Crippen LogP contribution in [0, 0.1) is 13.8 Å². The van der Waals surface area contributed by atoms with Crippen molar-refractivity contribution in [2.45, 2.75) is 80.7 Å². The van der Waals surface area contributed by atoms with Crippen molar-refractivity contribution in [3.8, 4) is 0 Å². The van der Waals surface area contributed by atoms with Crippen LogP contribution in [0.15, 0.2) is 30.4 Å². The van der Waals surface area contributed by atoms with Gasteiger partial charge in [-0.25, -0.2) is 4.58 Å². The van der Waals surface area contributed by atoms with Gasteiger partial charge in [-0.1, -0.05) is 70.5 Å². The lowest BCUT2D eigenvalue weighted by Crippen LogP contribution is -2.14. The number of nitrogens with zero attached hydrogens (tertiary/aromatic N) is 1. The molecule has 0 spiro atoms. The fourth-order valence-corrected chi connectivity index (χ4v) is 1.79. The van der Waals surface area contributed by atoms with Crippen LogP contribution >= 0.6 is 0 Å². The van der Waals surface area contributed by atoms with Gasteiger partial charge in [-0.15, -0.1) is 0 Å². The van der Waals surface area contributed by atoms with E-state index in [1.165, 1.54) is 16.7 Å². The first-order valence-corrected chi connectivity index (χ1v) is 9.63. The Balaban J connectivity index is -0.000000407. The molecule has 0 aliphatic heterocycles. The molecule has 2 atom stereocenters. The van der Waals surface area contributed by atoms with Crippen molar-refractivity contribution < 1.29 is 4.58 Å². The van der Waals surface area contributed by atoms with Gasteiger partial charge >= 0.3 is 0 Å². The highest BCUT2D eigenvalue weighted by Crippen LogP contribution is 2.22. The summed E-state index contributed by atoms with van der Waals surface area (Å²) in [7, 11) is 4.16. The third-order valence-electron chi connectivity index (χ3n) is 3.57. The maximum Gasteiger partial charge on any atom is 0.139 e. The molecule has 1 rings (SSSR count). The second-order valence-corrected chi connectivity index (χ2v) is 6.28.